The van der Waals surface area contributed by atoms with Crippen molar-refractivity contribution in [1.82, 2.24) is 20.4 Å². The molecule has 27 heavy (non-hydrogen) atoms. The van der Waals surface area contributed by atoms with Crippen molar-refractivity contribution in [1.29, 1.82) is 0 Å². The van der Waals surface area contributed by atoms with Gasteiger partial charge in [-0.05, 0) is 24.6 Å². The van der Waals surface area contributed by atoms with E-state index in [-0.39, 0.29) is 48.6 Å². The molecule has 0 saturated carbocycles. The molecule has 1 amide bonds. The minimum atomic E-state index is -0.0431. The Hall–Kier alpha value is -1.76. The summed E-state index contributed by atoms with van der Waals surface area (Å²) in [5.41, 5.74) is 2.28. The van der Waals surface area contributed by atoms with Gasteiger partial charge in [0.1, 0.15) is 0 Å². The van der Waals surface area contributed by atoms with Gasteiger partial charge in [0.2, 0.25) is 5.91 Å². The van der Waals surface area contributed by atoms with E-state index in [4.69, 9.17) is 0 Å². The molecule has 0 bridgehead atoms. The fourth-order valence-corrected chi connectivity index (χ4v) is 3.37. The van der Waals surface area contributed by atoms with Crippen LogP contribution in [0, 0.1) is 5.92 Å². The van der Waals surface area contributed by atoms with E-state index < -0.39 is 0 Å². The number of hydrogen-bond donors (Lipinski definition) is 2. The third-order valence-corrected chi connectivity index (χ3v) is 5.10. The molecular formula is C19H29Cl2N5O. The third-order valence-electron chi connectivity index (χ3n) is 5.10. The van der Waals surface area contributed by atoms with E-state index in [1.807, 2.05) is 37.6 Å². The summed E-state index contributed by atoms with van der Waals surface area (Å²) < 4.78 is 1.79. The Balaban J connectivity index is 0.00000182. The normalized spacial score (nSPS) is 19.5. The van der Waals surface area contributed by atoms with Crippen LogP contribution in [0.1, 0.15) is 18.4 Å². The zero-order valence-electron chi connectivity index (χ0n) is 16.0. The summed E-state index contributed by atoms with van der Waals surface area (Å²) in [4.78, 5) is 14.9. The number of rotatable bonds is 6. The molecule has 6 nitrogen and oxygen atoms in total. The molecule has 1 aromatic carbocycles. The lowest BCUT2D eigenvalue weighted by Crippen LogP contribution is -2.43. The molecule has 1 unspecified atom stereocenters. The van der Waals surface area contributed by atoms with Crippen LogP contribution in [-0.2, 0) is 11.8 Å². The summed E-state index contributed by atoms with van der Waals surface area (Å²) in [6.07, 6.45) is 3.87. The van der Waals surface area contributed by atoms with Crippen molar-refractivity contribution in [2.75, 3.05) is 31.6 Å². The zero-order chi connectivity index (χ0) is 17.8. The highest BCUT2D eigenvalue weighted by atomic mass is 35.5. The van der Waals surface area contributed by atoms with Gasteiger partial charge >= 0.3 is 0 Å². The largest absolute Gasteiger partial charge is 0.370 e. The van der Waals surface area contributed by atoms with Gasteiger partial charge in [0.05, 0.1) is 12.1 Å². The van der Waals surface area contributed by atoms with E-state index >= 15 is 0 Å². The lowest BCUT2D eigenvalue weighted by Gasteiger charge is -2.28. The Bertz CT molecular complexity index is 709. The molecule has 8 heteroatoms. The Labute approximate surface area is 173 Å². The van der Waals surface area contributed by atoms with Gasteiger partial charge in [0.15, 0.2) is 0 Å². The van der Waals surface area contributed by atoms with Crippen molar-refractivity contribution in [3.05, 3.63) is 48.3 Å². The number of nitrogens with one attached hydrogen (secondary N) is 2. The number of likely N-dealkylation sites (N-methyl/N-ethyl adjacent to an activating group) is 1. The highest BCUT2D eigenvalue weighted by Gasteiger charge is 2.34. The van der Waals surface area contributed by atoms with Crippen LogP contribution >= 0.6 is 24.8 Å². The molecule has 150 valence electrons. The first-order valence-electron chi connectivity index (χ1n) is 8.81. The van der Waals surface area contributed by atoms with Crippen molar-refractivity contribution < 1.29 is 4.79 Å². The Morgan fingerprint density at radius 3 is 2.67 bits per heavy atom. The van der Waals surface area contributed by atoms with Crippen LogP contribution < -0.4 is 15.5 Å². The van der Waals surface area contributed by atoms with Crippen LogP contribution in [0.4, 0.5) is 5.69 Å². The van der Waals surface area contributed by atoms with Gasteiger partial charge in [0.25, 0.3) is 0 Å². The molecule has 1 fully saturated rings. The topological polar surface area (TPSA) is 62.2 Å². The number of halogens is 2. The molecule has 0 aliphatic carbocycles. The standard InChI is InChI=1S/C19H27N5O.2ClH/c1-14(24(3)16-7-5-4-6-8-16)9-21-19(25)18-12-20-11-17(18)15-10-22-23(2)13-15;;/h4-8,10,13-14,17-18,20H,9,11-12H2,1-3H3,(H,21,25);2*1H/t14?,17-,18+;;/m1../s1. The van der Waals surface area contributed by atoms with Crippen LogP contribution in [0.3, 0.4) is 0 Å². The number of carbonyl (C=O) groups is 1. The Morgan fingerprint density at radius 2 is 2.04 bits per heavy atom. The molecule has 3 atom stereocenters. The van der Waals surface area contributed by atoms with Gasteiger partial charge in [-0.3, -0.25) is 9.48 Å². The number of nitrogens with zero attached hydrogens (tertiary/aromatic N) is 3. The third kappa shape index (κ3) is 5.61. The van der Waals surface area contributed by atoms with Crippen molar-refractivity contribution >= 4 is 36.4 Å². The van der Waals surface area contributed by atoms with Gasteiger partial charge < -0.3 is 15.5 Å². The fourth-order valence-electron chi connectivity index (χ4n) is 3.37. The van der Waals surface area contributed by atoms with E-state index in [0.29, 0.717) is 13.1 Å². The maximum Gasteiger partial charge on any atom is 0.225 e. The number of benzene rings is 1. The first kappa shape index (κ1) is 23.3. The van der Waals surface area contributed by atoms with Gasteiger partial charge in [-0.1, -0.05) is 18.2 Å². The Kier molecular flexibility index (Phi) is 9.09. The number of amides is 1. The van der Waals surface area contributed by atoms with Crippen molar-refractivity contribution in [3.63, 3.8) is 0 Å². The molecule has 2 heterocycles. The average Bonchev–Trinajstić information content (AvgIpc) is 3.28. The predicted octanol–water partition coefficient (Wildman–Crippen LogP) is 2.21. The summed E-state index contributed by atoms with van der Waals surface area (Å²) in [5.74, 6) is 0.265. The molecule has 1 aromatic heterocycles. The van der Waals surface area contributed by atoms with E-state index in [0.717, 1.165) is 17.8 Å². The summed E-state index contributed by atoms with van der Waals surface area (Å²) in [6.45, 7) is 4.29. The molecule has 0 spiro atoms. The number of para-hydroxylation sites is 1. The molecule has 2 N–H and O–H groups in total. The van der Waals surface area contributed by atoms with Crippen molar-refractivity contribution in [3.8, 4) is 0 Å². The molecule has 1 saturated heterocycles. The average molecular weight is 414 g/mol. The number of hydrogen-bond acceptors (Lipinski definition) is 4. The van der Waals surface area contributed by atoms with Crippen LogP contribution in [0.15, 0.2) is 42.7 Å². The van der Waals surface area contributed by atoms with Gasteiger partial charge in [-0.15, -0.1) is 24.8 Å². The summed E-state index contributed by atoms with van der Waals surface area (Å²) >= 11 is 0. The SMILES string of the molecule is CC(CNC(=O)[C@H]1CNC[C@@H]1c1cnn(C)c1)N(C)c1ccccc1.Cl.Cl. The first-order chi connectivity index (χ1) is 12.1. The Morgan fingerprint density at radius 1 is 1.33 bits per heavy atom. The molecule has 3 rings (SSSR count). The second-order valence-corrected chi connectivity index (χ2v) is 6.86. The highest BCUT2D eigenvalue weighted by Crippen LogP contribution is 2.27. The van der Waals surface area contributed by atoms with Crippen LogP contribution in [0.5, 0.6) is 0 Å². The smallest absolute Gasteiger partial charge is 0.225 e. The van der Waals surface area contributed by atoms with Crippen LogP contribution in [0.25, 0.3) is 0 Å². The lowest BCUT2D eigenvalue weighted by molar-refractivity contribution is -0.124. The maximum atomic E-state index is 12.7. The minimum Gasteiger partial charge on any atom is -0.370 e. The summed E-state index contributed by atoms with van der Waals surface area (Å²) in [7, 11) is 3.96. The first-order valence-corrected chi connectivity index (χ1v) is 8.81. The number of aryl methyl sites for hydroxylation is 1. The lowest BCUT2D eigenvalue weighted by atomic mass is 9.90. The summed E-state index contributed by atoms with van der Waals surface area (Å²) in [5, 5.41) is 10.7. The molecule has 1 aliphatic heterocycles. The van der Waals surface area contributed by atoms with E-state index in [2.05, 4.69) is 46.7 Å². The number of anilines is 1. The molecular weight excluding hydrogens is 385 g/mol. The van der Waals surface area contributed by atoms with Crippen molar-refractivity contribution in [2.24, 2.45) is 13.0 Å². The van der Waals surface area contributed by atoms with Crippen molar-refractivity contribution in [2.45, 2.75) is 18.9 Å². The predicted molar refractivity (Wildman–Crippen MR) is 114 cm³/mol. The molecule has 0 radical (unpaired) electrons. The summed E-state index contributed by atoms with van der Waals surface area (Å²) in [6, 6.07) is 10.4. The second-order valence-electron chi connectivity index (χ2n) is 6.86. The highest BCUT2D eigenvalue weighted by molar-refractivity contribution is 5.85. The van der Waals surface area contributed by atoms with Crippen LogP contribution in [-0.4, -0.2) is 48.4 Å². The maximum absolute atomic E-state index is 12.7. The molecule has 1 aliphatic rings. The van der Waals surface area contributed by atoms with E-state index in [9.17, 15) is 4.79 Å². The number of aromatic nitrogens is 2. The number of carbonyl (C=O) groups excluding carboxylic acids is 1. The minimum absolute atomic E-state index is 0. The zero-order valence-corrected chi connectivity index (χ0v) is 17.6. The van der Waals surface area contributed by atoms with Gasteiger partial charge in [-0.25, -0.2) is 0 Å². The van der Waals surface area contributed by atoms with Crippen LogP contribution in [0.2, 0.25) is 0 Å². The van der Waals surface area contributed by atoms with E-state index in [1.54, 1.807) is 4.68 Å². The van der Waals surface area contributed by atoms with E-state index in [1.165, 1.54) is 0 Å². The quantitative estimate of drug-likeness (QED) is 0.761. The molecule has 2 aromatic rings. The second kappa shape index (κ2) is 10.5. The van der Waals surface area contributed by atoms with Gasteiger partial charge in [-0.2, -0.15) is 5.10 Å². The fraction of sp³-hybridized carbons (Fsp3) is 0.474. The monoisotopic (exact) mass is 413 g/mol. The van der Waals surface area contributed by atoms with Gasteiger partial charge in [0, 0.05) is 57.6 Å².